The first-order valence-electron chi connectivity index (χ1n) is 2.13. The molecule has 0 aromatic rings. The Balaban J connectivity index is 4.22. The number of amides is 1. The Hall–Kier alpha value is -1.63. The van der Waals surface area contributed by atoms with Crippen LogP contribution in [-0.2, 0) is 9.59 Å². The lowest BCUT2D eigenvalue weighted by molar-refractivity contribution is -0.153. The smallest absolute Gasteiger partial charge is 0.396 e. The van der Waals surface area contributed by atoms with E-state index < -0.39 is 17.8 Å². The van der Waals surface area contributed by atoms with Crippen LogP contribution in [0.3, 0.4) is 0 Å². The second-order valence-electron chi connectivity index (χ2n) is 1.37. The van der Waals surface area contributed by atoms with Gasteiger partial charge in [-0.15, -0.1) is 0 Å². The number of hydrazine groups is 1. The summed E-state index contributed by atoms with van der Waals surface area (Å²) >= 11 is 0. The van der Waals surface area contributed by atoms with Gasteiger partial charge in [-0.3, -0.25) is 10.2 Å². The summed E-state index contributed by atoms with van der Waals surface area (Å²) in [5.41, 5.74) is 4.67. The van der Waals surface area contributed by atoms with Gasteiger partial charge in [-0.05, 0) is 0 Å². The zero-order valence-corrected chi connectivity index (χ0v) is 4.87. The van der Waals surface area contributed by atoms with Crippen molar-refractivity contribution in [2.24, 2.45) is 11.6 Å². The summed E-state index contributed by atoms with van der Waals surface area (Å²) in [6, 6.07) is 0. The molecule has 0 rings (SSSR count). The van der Waals surface area contributed by atoms with Gasteiger partial charge in [0.25, 0.3) is 0 Å². The van der Waals surface area contributed by atoms with Gasteiger partial charge in [0.15, 0.2) is 0 Å². The van der Waals surface area contributed by atoms with Gasteiger partial charge < -0.3 is 10.8 Å². The highest BCUT2D eigenvalue weighted by atomic mass is 16.4. The molecule has 0 heterocycles. The van der Waals surface area contributed by atoms with E-state index in [9.17, 15) is 9.59 Å². The van der Waals surface area contributed by atoms with Crippen molar-refractivity contribution in [3.63, 3.8) is 0 Å². The summed E-state index contributed by atoms with van der Waals surface area (Å²) in [7, 11) is 0. The number of carboxylic acid groups (broad SMARTS) is 1. The summed E-state index contributed by atoms with van der Waals surface area (Å²) in [6.07, 6.45) is 0. The number of carboxylic acids is 1. The first kappa shape index (κ1) is 8.37. The quantitative estimate of drug-likeness (QED) is 0.0759. The van der Waals surface area contributed by atoms with E-state index >= 15 is 0 Å². The minimum atomic E-state index is -1.75. The number of nitrogens with one attached hydrogen (secondary N) is 1. The average molecular weight is 146 g/mol. The van der Waals surface area contributed by atoms with Crippen molar-refractivity contribution in [3.05, 3.63) is 0 Å². The van der Waals surface area contributed by atoms with E-state index in [4.69, 9.17) is 16.4 Å². The van der Waals surface area contributed by atoms with E-state index in [1.54, 1.807) is 0 Å². The number of rotatable bonds is 0. The molecule has 6 N–H and O–H groups in total. The molecule has 0 aromatic heterocycles. The topological polar surface area (TPSA) is 134 Å². The van der Waals surface area contributed by atoms with Crippen LogP contribution in [0.15, 0.2) is 0 Å². The van der Waals surface area contributed by atoms with Gasteiger partial charge in [-0.25, -0.2) is 15.6 Å². The molecule has 0 aliphatic rings. The Labute approximate surface area is 55.7 Å². The second kappa shape index (κ2) is 2.78. The Bertz CT molecular complexity index is 188. The van der Waals surface area contributed by atoms with Gasteiger partial charge in [-0.1, -0.05) is 0 Å². The van der Waals surface area contributed by atoms with Crippen molar-refractivity contribution in [3.8, 4) is 0 Å². The van der Waals surface area contributed by atoms with Crippen molar-refractivity contribution < 1.29 is 14.7 Å². The van der Waals surface area contributed by atoms with Crippen LogP contribution in [0.5, 0.6) is 0 Å². The third kappa shape index (κ3) is 1.71. The third-order valence-corrected chi connectivity index (χ3v) is 0.661. The molecule has 10 heavy (non-hydrogen) atoms. The summed E-state index contributed by atoms with van der Waals surface area (Å²) in [4.78, 5) is 20.1. The van der Waals surface area contributed by atoms with Crippen LogP contribution in [-0.4, -0.2) is 28.0 Å². The highest BCUT2D eigenvalue weighted by Gasteiger charge is 2.19. The number of nitrogens with zero attached hydrogens (tertiary/aromatic N) is 1. The third-order valence-electron chi connectivity index (χ3n) is 0.661. The Kier molecular flexibility index (Phi) is 2.33. The maximum Gasteiger partial charge on any atom is 0.396 e. The van der Waals surface area contributed by atoms with E-state index in [-0.39, 0.29) is 5.01 Å². The van der Waals surface area contributed by atoms with Crippen LogP contribution in [0.1, 0.15) is 0 Å². The number of aliphatic carboxylic acids is 1. The lowest BCUT2D eigenvalue weighted by Crippen LogP contribution is -2.49. The molecule has 0 saturated heterocycles. The number of carbonyl (C=O) groups excluding carboxylic acids is 1. The van der Waals surface area contributed by atoms with Crippen LogP contribution in [0.2, 0.25) is 0 Å². The largest absolute Gasteiger partial charge is 0.474 e. The predicted molar refractivity (Wildman–Crippen MR) is 30.6 cm³/mol. The number of hydrogen-bond donors (Lipinski definition) is 4. The number of hydrogen-bond acceptors (Lipinski definition) is 4. The fourth-order valence-electron chi connectivity index (χ4n) is 0.212. The maximum atomic E-state index is 10.3. The molecular formula is C3H6N4O3. The van der Waals surface area contributed by atoms with Crippen molar-refractivity contribution in [1.82, 2.24) is 5.01 Å². The second-order valence-corrected chi connectivity index (χ2v) is 1.37. The van der Waals surface area contributed by atoms with Crippen molar-refractivity contribution in [2.75, 3.05) is 0 Å². The lowest BCUT2D eigenvalue weighted by atomic mass is 10.6. The molecule has 0 spiro atoms. The van der Waals surface area contributed by atoms with Crippen LogP contribution in [0.4, 0.5) is 0 Å². The monoisotopic (exact) mass is 146 g/mol. The predicted octanol–water partition coefficient (Wildman–Crippen LogP) is -2.33. The van der Waals surface area contributed by atoms with Crippen molar-refractivity contribution in [1.29, 1.82) is 5.41 Å². The number of guanidine groups is 1. The molecular weight excluding hydrogens is 140 g/mol. The molecule has 0 atom stereocenters. The molecule has 0 aromatic carbocycles. The number of nitrogens with two attached hydrogens (primary N) is 2. The van der Waals surface area contributed by atoms with Gasteiger partial charge in [-0.2, -0.15) is 0 Å². The Morgan fingerprint density at radius 1 is 1.50 bits per heavy atom. The van der Waals surface area contributed by atoms with E-state index in [0.29, 0.717) is 0 Å². The summed E-state index contributed by atoms with van der Waals surface area (Å²) in [5.74, 6) is 0.712. The molecule has 0 unspecified atom stereocenters. The van der Waals surface area contributed by atoms with Crippen LogP contribution in [0, 0.1) is 5.41 Å². The Morgan fingerprint density at radius 2 is 1.90 bits per heavy atom. The Morgan fingerprint density at radius 3 is 2.00 bits per heavy atom. The van der Waals surface area contributed by atoms with Gasteiger partial charge >= 0.3 is 11.9 Å². The SMILES string of the molecule is N=C(N)N(N)C(=O)C(=O)O. The minimum absolute atomic E-state index is 0.0301. The first-order chi connectivity index (χ1) is 4.46. The molecule has 7 heteroatoms. The fourth-order valence-corrected chi connectivity index (χ4v) is 0.212. The van der Waals surface area contributed by atoms with E-state index in [0.717, 1.165) is 0 Å². The molecule has 0 fully saturated rings. The lowest BCUT2D eigenvalue weighted by Gasteiger charge is -2.09. The minimum Gasteiger partial charge on any atom is -0.474 e. The standard InChI is InChI=1S/C3H6N4O3/c4-3(5)7(6)1(8)2(9)10/h6H2,(H3,4,5)(H,9,10). The molecule has 56 valence electrons. The highest BCUT2D eigenvalue weighted by Crippen LogP contribution is 1.77. The average Bonchev–Trinajstić information content (AvgIpc) is 1.84. The molecule has 0 aliphatic carbocycles. The van der Waals surface area contributed by atoms with Crippen molar-refractivity contribution >= 4 is 17.8 Å². The zero-order chi connectivity index (χ0) is 8.31. The molecule has 0 radical (unpaired) electrons. The zero-order valence-electron chi connectivity index (χ0n) is 4.87. The van der Waals surface area contributed by atoms with E-state index in [1.165, 1.54) is 0 Å². The summed E-state index contributed by atoms with van der Waals surface area (Å²) < 4.78 is 0. The summed E-state index contributed by atoms with van der Waals surface area (Å²) in [6.45, 7) is 0. The number of carbonyl (C=O) groups is 2. The highest BCUT2D eigenvalue weighted by molar-refractivity contribution is 6.34. The van der Waals surface area contributed by atoms with Gasteiger partial charge in [0.1, 0.15) is 0 Å². The maximum absolute atomic E-state index is 10.3. The van der Waals surface area contributed by atoms with Crippen LogP contribution < -0.4 is 11.6 Å². The van der Waals surface area contributed by atoms with Crippen molar-refractivity contribution in [2.45, 2.75) is 0 Å². The molecule has 1 amide bonds. The van der Waals surface area contributed by atoms with Gasteiger partial charge in [0.05, 0.1) is 0 Å². The van der Waals surface area contributed by atoms with Crippen LogP contribution in [0.25, 0.3) is 0 Å². The van der Waals surface area contributed by atoms with Gasteiger partial charge in [0.2, 0.25) is 5.96 Å². The molecule has 0 aliphatic heterocycles. The molecule has 7 nitrogen and oxygen atoms in total. The first-order valence-corrected chi connectivity index (χ1v) is 2.13. The fraction of sp³-hybridized carbons (Fsp3) is 0. The molecule has 0 bridgehead atoms. The van der Waals surface area contributed by atoms with Gasteiger partial charge in [0, 0.05) is 0 Å². The van der Waals surface area contributed by atoms with E-state index in [1.807, 2.05) is 0 Å². The van der Waals surface area contributed by atoms with Crippen LogP contribution >= 0.6 is 0 Å². The van der Waals surface area contributed by atoms with E-state index in [2.05, 4.69) is 5.73 Å². The normalized spacial score (nSPS) is 8.50. The molecule has 0 saturated carbocycles. The summed E-state index contributed by atoms with van der Waals surface area (Å²) in [5, 5.41) is 14.5.